The molecule has 8 aromatic carbocycles. The van der Waals surface area contributed by atoms with Crippen LogP contribution in [0, 0.1) is 0 Å². The molecule has 6 heterocycles. The molecular formula is C50H27N5O. The molecule has 0 aliphatic carbocycles. The fourth-order valence-corrected chi connectivity index (χ4v) is 9.95. The number of fused-ring (bicyclic) bond motifs is 18. The molecule has 14 aromatic rings. The van der Waals surface area contributed by atoms with Gasteiger partial charge in [-0.1, -0.05) is 121 Å². The molecule has 0 spiro atoms. The van der Waals surface area contributed by atoms with Gasteiger partial charge in [0, 0.05) is 53.9 Å². The molecule has 0 fully saturated rings. The fraction of sp³-hybridized carbons (Fsp3) is 0. The highest BCUT2D eigenvalue weighted by Crippen LogP contribution is 2.48. The van der Waals surface area contributed by atoms with Crippen molar-refractivity contribution in [3.05, 3.63) is 164 Å². The van der Waals surface area contributed by atoms with Crippen molar-refractivity contribution < 1.29 is 4.42 Å². The molecule has 0 amide bonds. The highest BCUT2D eigenvalue weighted by atomic mass is 16.3. The number of rotatable bonds is 2. The van der Waals surface area contributed by atoms with Gasteiger partial charge in [0.15, 0.2) is 11.4 Å². The van der Waals surface area contributed by atoms with E-state index in [1.54, 1.807) is 0 Å². The second-order valence-corrected chi connectivity index (χ2v) is 14.9. The minimum Gasteiger partial charge on any atom is -0.450 e. The third kappa shape index (κ3) is 3.39. The SMILES string of the molecule is c1ccc2c(c1)ccc1c3c4c5ccccc5n(-c5nc(-n6c7ccccc7c7ccccc76)nc6c5oc5ccccc56)c4cc4c5ccccc5n(c21)c43. The molecule has 0 saturated heterocycles. The molecule has 0 N–H and O–H groups in total. The van der Waals surface area contributed by atoms with Crippen LogP contribution in [0.2, 0.25) is 0 Å². The molecular weight excluding hydrogens is 687 g/mol. The monoisotopic (exact) mass is 713 g/mol. The van der Waals surface area contributed by atoms with Crippen LogP contribution in [0.5, 0.6) is 0 Å². The van der Waals surface area contributed by atoms with Crippen LogP contribution in [0.1, 0.15) is 0 Å². The van der Waals surface area contributed by atoms with Crippen molar-refractivity contribution in [3.63, 3.8) is 0 Å². The molecule has 56 heavy (non-hydrogen) atoms. The smallest absolute Gasteiger partial charge is 0.237 e. The van der Waals surface area contributed by atoms with E-state index < -0.39 is 0 Å². The Balaban J connectivity index is 1.22. The normalized spacial score (nSPS) is 12.6. The summed E-state index contributed by atoms with van der Waals surface area (Å²) < 4.78 is 13.8. The third-order valence-electron chi connectivity index (χ3n) is 12.2. The van der Waals surface area contributed by atoms with E-state index >= 15 is 0 Å². The van der Waals surface area contributed by atoms with Crippen molar-refractivity contribution in [3.8, 4) is 11.8 Å². The summed E-state index contributed by atoms with van der Waals surface area (Å²) in [5, 5.41) is 13.1. The molecule has 0 aliphatic heterocycles. The fourth-order valence-electron chi connectivity index (χ4n) is 9.95. The summed E-state index contributed by atoms with van der Waals surface area (Å²) in [5.74, 6) is 1.31. The lowest BCUT2D eigenvalue weighted by molar-refractivity contribution is 0.661. The van der Waals surface area contributed by atoms with Gasteiger partial charge in [-0.15, -0.1) is 0 Å². The Morgan fingerprint density at radius 3 is 1.73 bits per heavy atom. The van der Waals surface area contributed by atoms with Crippen LogP contribution in [0.3, 0.4) is 0 Å². The van der Waals surface area contributed by atoms with E-state index in [4.69, 9.17) is 14.4 Å². The summed E-state index contributed by atoms with van der Waals surface area (Å²) in [5.41, 5.74) is 10.2. The lowest BCUT2D eigenvalue weighted by Gasteiger charge is -2.12. The van der Waals surface area contributed by atoms with Gasteiger partial charge in [-0.3, -0.25) is 9.13 Å². The maximum absolute atomic E-state index is 6.81. The van der Waals surface area contributed by atoms with E-state index in [-0.39, 0.29) is 0 Å². The van der Waals surface area contributed by atoms with Crippen molar-refractivity contribution in [2.75, 3.05) is 0 Å². The van der Waals surface area contributed by atoms with Gasteiger partial charge in [0.1, 0.15) is 11.1 Å². The van der Waals surface area contributed by atoms with E-state index in [1.165, 1.54) is 59.6 Å². The maximum atomic E-state index is 6.81. The van der Waals surface area contributed by atoms with Gasteiger partial charge >= 0.3 is 0 Å². The molecule has 258 valence electrons. The van der Waals surface area contributed by atoms with Crippen LogP contribution >= 0.6 is 0 Å². The number of hydrogen-bond acceptors (Lipinski definition) is 3. The number of hydrogen-bond donors (Lipinski definition) is 0. The summed E-state index contributed by atoms with van der Waals surface area (Å²) in [6, 6.07) is 58.5. The van der Waals surface area contributed by atoms with Crippen molar-refractivity contribution in [2.24, 2.45) is 0 Å². The average Bonchev–Trinajstić information content (AvgIpc) is 4.05. The predicted molar refractivity (Wildman–Crippen MR) is 230 cm³/mol. The summed E-state index contributed by atoms with van der Waals surface area (Å²) in [4.78, 5) is 10.9. The van der Waals surface area contributed by atoms with Gasteiger partial charge in [-0.2, -0.15) is 4.98 Å². The maximum Gasteiger partial charge on any atom is 0.237 e. The molecule has 0 unspecified atom stereocenters. The van der Waals surface area contributed by atoms with E-state index in [2.05, 4.69) is 165 Å². The molecule has 6 nitrogen and oxygen atoms in total. The standard InChI is InChI=1S/C50H27N5O/c1-2-14-29-28(13-1)25-26-35-44-43-33-18-6-11-23-40(33)53(41(43)27-36-32-17-5-10-22-39(32)55(46(29)35)47(36)44)49-48-45(34-19-7-12-24-42(34)56-48)51-50(52-49)54-37-20-8-3-15-30(37)31-16-4-9-21-38(31)54/h1-27H. The van der Waals surface area contributed by atoms with E-state index in [0.29, 0.717) is 17.3 Å². The minimum absolute atomic E-state index is 0.599. The molecule has 0 radical (unpaired) electrons. The Morgan fingerprint density at radius 2 is 0.982 bits per heavy atom. The summed E-state index contributed by atoms with van der Waals surface area (Å²) in [6.07, 6.45) is 0. The summed E-state index contributed by atoms with van der Waals surface area (Å²) in [7, 11) is 0. The lowest BCUT2D eigenvalue weighted by Crippen LogP contribution is -2.06. The molecule has 14 rings (SSSR count). The number of aromatic nitrogens is 5. The molecule has 6 aromatic heterocycles. The highest BCUT2D eigenvalue weighted by Gasteiger charge is 2.28. The topological polar surface area (TPSA) is 53.2 Å². The Bertz CT molecular complexity index is 3960. The van der Waals surface area contributed by atoms with Crippen molar-refractivity contribution in [1.82, 2.24) is 23.5 Å². The predicted octanol–water partition coefficient (Wildman–Crippen LogP) is 12.9. The number of nitrogens with zero attached hydrogens (tertiary/aromatic N) is 5. The quantitative estimate of drug-likeness (QED) is 0.179. The third-order valence-corrected chi connectivity index (χ3v) is 12.2. The Labute approximate surface area is 317 Å². The van der Waals surface area contributed by atoms with Crippen LogP contribution in [0.4, 0.5) is 0 Å². The molecule has 0 aliphatic rings. The van der Waals surface area contributed by atoms with Gasteiger partial charge in [0.2, 0.25) is 5.95 Å². The second-order valence-electron chi connectivity index (χ2n) is 14.9. The molecule has 0 atom stereocenters. The van der Waals surface area contributed by atoms with Crippen molar-refractivity contribution in [2.45, 2.75) is 0 Å². The van der Waals surface area contributed by atoms with Crippen molar-refractivity contribution in [1.29, 1.82) is 0 Å². The zero-order chi connectivity index (χ0) is 36.2. The van der Waals surface area contributed by atoms with Gasteiger partial charge in [0.25, 0.3) is 0 Å². The number of benzene rings is 8. The number of furan rings is 1. The first-order valence-corrected chi connectivity index (χ1v) is 19.0. The van der Waals surface area contributed by atoms with Crippen LogP contribution in [0.15, 0.2) is 168 Å². The van der Waals surface area contributed by atoms with Gasteiger partial charge in [-0.05, 0) is 47.9 Å². The van der Waals surface area contributed by atoms with E-state index in [0.717, 1.165) is 49.3 Å². The zero-order valence-corrected chi connectivity index (χ0v) is 29.7. The van der Waals surface area contributed by atoms with E-state index in [9.17, 15) is 0 Å². The molecule has 0 bridgehead atoms. The lowest BCUT2D eigenvalue weighted by atomic mass is 10.00. The Hall–Kier alpha value is -7.70. The first kappa shape index (κ1) is 28.8. The van der Waals surface area contributed by atoms with E-state index in [1.807, 2.05) is 12.1 Å². The Kier molecular flexibility index (Phi) is 5.18. The molecule has 6 heteroatoms. The second kappa shape index (κ2) is 10.1. The average molecular weight is 714 g/mol. The van der Waals surface area contributed by atoms with Crippen LogP contribution in [-0.4, -0.2) is 23.5 Å². The van der Waals surface area contributed by atoms with Gasteiger partial charge in [0.05, 0.1) is 38.6 Å². The molecule has 0 saturated carbocycles. The Morgan fingerprint density at radius 1 is 0.393 bits per heavy atom. The van der Waals surface area contributed by atoms with Crippen molar-refractivity contribution >= 4 is 115 Å². The number of para-hydroxylation sites is 5. The van der Waals surface area contributed by atoms with Gasteiger partial charge in [-0.25, -0.2) is 4.98 Å². The summed E-state index contributed by atoms with van der Waals surface area (Å²) in [6.45, 7) is 0. The summed E-state index contributed by atoms with van der Waals surface area (Å²) >= 11 is 0. The first-order valence-electron chi connectivity index (χ1n) is 19.0. The van der Waals surface area contributed by atoms with Crippen LogP contribution < -0.4 is 0 Å². The first-order chi connectivity index (χ1) is 27.8. The van der Waals surface area contributed by atoms with Crippen LogP contribution in [-0.2, 0) is 0 Å². The largest absolute Gasteiger partial charge is 0.450 e. The minimum atomic E-state index is 0.599. The highest BCUT2D eigenvalue weighted by molar-refractivity contribution is 6.37. The van der Waals surface area contributed by atoms with Gasteiger partial charge < -0.3 is 8.82 Å². The van der Waals surface area contributed by atoms with Crippen LogP contribution in [0.25, 0.3) is 126 Å². The zero-order valence-electron chi connectivity index (χ0n) is 29.7.